The van der Waals surface area contributed by atoms with Gasteiger partial charge in [-0.1, -0.05) is 11.6 Å². The van der Waals surface area contributed by atoms with E-state index in [2.05, 4.69) is 4.90 Å². The maximum atomic E-state index is 13.2. The van der Waals surface area contributed by atoms with Crippen LogP contribution in [0.4, 0.5) is 10.1 Å². The molecule has 0 radical (unpaired) electrons. The minimum Gasteiger partial charge on any atom is -0.336 e. The summed E-state index contributed by atoms with van der Waals surface area (Å²) in [5, 5.41) is 0.216. The third-order valence-corrected chi connectivity index (χ3v) is 8.00. The highest BCUT2D eigenvalue weighted by Crippen LogP contribution is 2.30. The topological polar surface area (TPSA) is 60.9 Å². The van der Waals surface area contributed by atoms with Crippen LogP contribution in [-0.2, 0) is 10.0 Å². The number of benzene rings is 2. The Morgan fingerprint density at radius 1 is 1.10 bits per heavy atom. The second kappa shape index (κ2) is 8.76. The SMILES string of the molecule is CN(c1ccc(F)cc1)S(=O)(=O)c1ccc(Cl)c(C(=O)N2CCN(CC3CC3)CC2)c1. The van der Waals surface area contributed by atoms with Gasteiger partial charge in [0.25, 0.3) is 15.9 Å². The average molecular weight is 466 g/mol. The van der Waals surface area contributed by atoms with Gasteiger partial charge in [-0.25, -0.2) is 12.8 Å². The van der Waals surface area contributed by atoms with Crippen molar-refractivity contribution in [3.63, 3.8) is 0 Å². The smallest absolute Gasteiger partial charge is 0.264 e. The molecule has 0 N–H and O–H groups in total. The normalized spacial score (nSPS) is 17.6. The molecule has 0 spiro atoms. The lowest BCUT2D eigenvalue weighted by Crippen LogP contribution is -2.49. The molecule has 1 saturated heterocycles. The molecule has 166 valence electrons. The minimum atomic E-state index is -3.95. The highest BCUT2D eigenvalue weighted by Gasteiger charge is 2.29. The Kier molecular flexibility index (Phi) is 6.23. The van der Waals surface area contributed by atoms with Gasteiger partial charge in [0.2, 0.25) is 0 Å². The Morgan fingerprint density at radius 3 is 2.35 bits per heavy atom. The van der Waals surface area contributed by atoms with Crippen molar-refractivity contribution < 1.29 is 17.6 Å². The first kappa shape index (κ1) is 22.0. The Bertz CT molecular complexity index is 1070. The predicted octanol–water partition coefficient (Wildman–Crippen LogP) is 3.47. The van der Waals surface area contributed by atoms with Gasteiger partial charge in [0.05, 0.1) is 21.2 Å². The van der Waals surface area contributed by atoms with Gasteiger partial charge in [-0.2, -0.15) is 0 Å². The number of nitrogens with zero attached hydrogens (tertiary/aromatic N) is 3. The highest BCUT2D eigenvalue weighted by molar-refractivity contribution is 7.92. The summed E-state index contributed by atoms with van der Waals surface area (Å²) >= 11 is 6.27. The summed E-state index contributed by atoms with van der Waals surface area (Å²) in [5.41, 5.74) is 0.488. The van der Waals surface area contributed by atoms with Crippen molar-refractivity contribution in [1.82, 2.24) is 9.80 Å². The van der Waals surface area contributed by atoms with E-state index in [-0.39, 0.29) is 21.4 Å². The maximum absolute atomic E-state index is 13.2. The van der Waals surface area contributed by atoms with Crippen molar-refractivity contribution in [2.45, 2.75) is 17.7 Å². The van der Waals surface area contributed by atoms with Crippen LogP contribution < -0.4 is 4.31 Å². The van der Waals surface area contributed by atoms with Gasteiger partial charge in [0.1, 0.15) is 5.82 Å². The second-order valence-electron chi connectivity index (χ2n) is 8.13. The molecule has 6 nitrogen and oxygen atoms in total. The summed E-state index contributed by atoms with van der Waals surface area (Å²) in [6.07, 6.45) is 2.59. The van der Waals surface area contributed by atoms with Crippen LogP contribution in [0.15, 0.2) is 47.4 Å². The van der Waals surface area contributed by atoms with E-state index in [1.165, 1.54) is 62.4 Å². The van der Waals surface area contributed by atoms with Crippen LogP contribution in [0, 0.1) is 11.7 Å². The summed E-state index contributed by atoms with van der Waals surface area (Å²) in [7, 11) is -2.56. The zero-order valence-corrected chi connectivity index (χ0v) is 18.9. The lowest BCUT2D eigenvalue weighted by Gasteiger charge is -2.35. The fourth-order valence-corrected chi connectivity index (χ4v) is 5.17. The molecule has 1 aliphatic carbocycles. The summed E-state index contributed by atoms with van der Waals surface area (Å²) in [5.74, 6) is 0.0837. The fraction of sp³-hybridized carbons (Fsp3) is 0.409. The van der Waals surface area contributed by atoms with Crippen LogP contribution in [0.25, 0.3) is 0 Å². The summed E-state index contributed by atoms with van der Waals surface area (Å²) in [4.78, 5) is 17.2. The molecule has 2 aliphatic rings. The van der Waals surface area contributed by atoms with E-state index >= 15 is 0 Å². The van der Waals surface area contributed by atoms with E-state index in [4.69, 9.17) is 11.6 Å². The molecule has 0 atom stereocenters. The first-order chi connectivity index (χ1) is 14.8. The highest BCUT2D eigenvalue weighted by atomic mass is 35.5. The fourth-order valence-electron chi connectivity index (χ4n) is 3.75. The first-order valence-electron chi connectivity index (χ1n) is 10.3. The molecule has 31 heavy (non-hydrogen) atoms. The Labute approximate surface area is 187 Å². The number of hydrogen-bond acceptors (Lipinski definition) is 4. The Morgan fingerprint density at radius 2 is 1.74 bits per heavy atom. The van der Waals surface area contributed by atoms with Gasteiger partial charge >= 0.3 is 0 Å². The largest absolute Gasteiger partial charge is 0.336 e. The summed E-state index contributed by atoms with van der Waals surface area (Å²) in [6, 6.07) is 9.30. The van der Waals surface area contributed by atoms with Crippen LogP contribution in [-0.4, -0.2) is 63.9 Å². The van der Waals surface area contributed by atoms with Crippen molar-refractivity contribution in [3.8, 4) is 0 Å². The number of rotatable bonds is 6. The van der Waals surface area contributed by atoms with Crippen molar-refractivity contribution in [2.24, 2.45) is 5.92 Å². The number of sulfonamides is 1. The van der Waals surface area contributed by atoms with E-state index in [9.17, 15) is 17.6 Å². The standard InChI is InChI=1S/C22H25ClFN3O3S/c1-25(18-6-4-17(24)5-7-18)31(29,30)19-8-9-21(23)20(14-19)22(28)27-12-10-26(11-13-27)15-16-2-3-16/h4-9,14,16H,2-3,10-13,15H2,1H3. The number of amides is 1. The number of piperazine rings is 1. The van der Waals surface area contributed by atoms with Gasteiger partial charge in [-0.15, -0.1) is 0 Å². The molecule has 0 aromatic heterocycles. The summed E-state index contributed by atoms with van der Waals surface area (Å²) < 4.78 is 40.4. The number of hydrogen-bond donors (Lipinski definition) is 0. The van der Waals surface area contributed by atoms with Crippen molar-refractivity contribution >= 4 is 33.2 Å². The number of anilines is 1. The third kappa shape index (κ3) is 4.86. The monoisotopic (exact) mass is 465 g/mol. The van der Waals surface area contributed by atoms with Crippen molar-refractivity contribution in [2.75, 3.05) is 44.1 Å². The molecule has 2 aromatic carbocycles. The number of carbonyl (C=O) groups is 1. The maximum Gasteiger partial charge on any atom is 0.264 e. The molecule has 1 aliphatic heterocycles. The van der Waals surface area contributed by atoms with E-state index < -0.39 is 15.8 Å². The molecule has 4 rings (SSSR count). The van der Waals surface area contributed by atoms with Gasteiger partial charge in [0.15, 0.2) is 0 Å². The molecule has 0 unspecified atom stereocenters. The lowest BCUT2D eigenvalue weighted by molar-refractivity contribution is 0.0632. The van der Waals surface area contributed by atoms with Crippen LogP contribution >= 0.6 is 11.6 Å². The first-order valence-corrected chi connectivity index (χ1v) is 12.1. The molecule has 2 fully saturated rings. The van der Waals surface area contributed by atoms with Crippen molar-refractivity contribution in [1.29, 1.82) is 0 Å². The summed E-state index contributed by atoms with van der Waals surface area (Å²) in [6.45, 7) is 3.89. The average Bonchev–Trinajstić information content (AvgIpc) is 3.58. The molecular formula is C22H25ClFN3O3S. The molecule has 1 amide bonds. The van der Waals surface area contributed by atoms with Gasteiger partial charge in [-0.3, -0.25) is 14.0 Å². The van der Waals surface area contributed by atoms with Gasteiger partial charge in [-0.05, 0) is 61.2 Å². The number of halogens is 2. The molecule has 9 heteroatoms. The van der Waals surface area contributed by atoms with E-state index in [1.807, 2.05) is 0 Å². The predicted molar refractivity (Wildman–Crippen MR) is 119 cm³/mol. The molecule has 1 heterocycles. The molecule has 0 bridgehead atoms. The lowest BCUT2D eigenvalue weighted by atomic mass is 10.1. The molecular weight excluding hydrogens is 441 g/mol. The molecule has 2 aromatic rings. The van der Waals surface area contributed by atoms with Crippen molar-refractivity contribution in [3.05, 3.63) is 58.9 Å². The quantitative estimate of drug-likeness (QED) is 0.655. The van der Waals surface area contributed by atoms with E-state index in [1.54, 1.807) is 4.90 Å². The second-order valence-corrected chi connectivity index (χ2v) is 10.5. The Balaban J connectivity index is 1.52. The molecule has 1 saturated carbocycles. The number of carbonyl (C=O) groups excluding carboxylic acids is 1. The van der Waals surface area contributed by atoms with Gasteiger partial charge in [0, 0.05) is 39.8 Å². The third-order valence-electron chi connectivity index (χ3n) is 5.89. The van der Waals surface area contributed by atoms with E-state index in [0.29, 0.717) is 18.8 Å². The van der Waals surface area contributed by atoms with Crippen LogP contribution in [0.1, 0.15) is 23.2 Å². The zero-order chi connectivity index (χ0) is 22.2. The van der Waals surface area contributed by atoms with Crippen LogP contribution in [0.5, 0.6) is 0 Å². The minimum absolute atomic E-state index is 0.0422. The van der Waals surface area contributed by atoms with Crippen LogP contribution in [0.2, 0.25) is 5.02 Å². The zero-order valence-electron chi connectivity index (χ0n) is 17.3. The Hall–Kier alpha value is -2.16. The van der Waals surface area contributed by atoms with Gasteiger partial charge < -0.3 is 4.90 Å². The van der Waals surface area contributed by atoms with E-state index in [0.717, 1.165) is 29.9 Å². The van der Waals surface area contributed by atoms with Crippen LogP contribution in [0.3, 0.4) is 0 Å².